The lowest BCUT2D eigenvalue weighted by Crippen LogP contribution is -2.51. The molecule has 0 bridgehead atoms. The highest BCUT2D eigenvalue weighted by Gasteiger charge is 2.40. The third-order valence-corrected chi connectivity index (χ3v) is 6.42. The summed E-state index contributed by atoms with van der Waals surface area (Å²) in [5, 5.41) is 6.51. The fourth-order valence-electron chi connectivity index (χ4n) is 4.34. The summed E-state index contributed by atoms with van der Waals surface area (Å²) < 4.78 is 69.3. The largest absolute Gasteiger partial charge is 0.365 e. The molecule has 184 valence electrons. The first-order chi connectivity index (χ1) is 16.0. The highest BCUT2D eigenvalue weighted by Crippen LogP contribution is 2.36. The number of urea groups is 1. The first-order valence-corrected chi connectivity index (χ1v) is 10.9. The molecule has 0 unspecified atom stereocenters. The molecule has 3 N–H and O–H groups in total. The number of nitrogens with one attached hydrogen (secondary N) is 1. The van der Waals surface area contributed by atoms with Crippen LogP contribution in [0.25, 0.3) is 11.3 Å². The van der Waals surface area contributed by atoms with Crippen molar-refractivity contribution < 1.29 is 31.5 Å². The van der Waals surface area contributed by atoms with E-state index in [4.69, 9.17) is 17.3 Å². The van der Waals surface area contributed by atoms with Crippen LogP contribution in [0.1, 0.15) is 47.8 Å². The SMILES string of the molecule is NC(=O)c1c(-c2ccc(F)c(Cl)c2)nn2c1CN(C(=O)NC1CCC(F)(F)CC1)C[C@H]2C(F)F. The first kappa shape index (κ1) is 24.2. The summed E-state index contributed by atoms with van der Waals surface area (Å²) in [7, 11) is 0. The maximum absolute atomic E-state index is 14.0. The Morgan fingerprint density at radius 3 is 2.50 bits per heavy atom. The zero-order chi connectivity index (χ0) is 24.8. The molecule has 2 aliphatic rings. The lowest BCUT2D eigenvalue weighted by molar-refractivity contribution is -0.0400. The lowest BCUT2D eigenvalue weighted by Gasteiger charge is -2.36. The molecule has 1 saturated carbocycles. The minimum absolute atomic E-state index is 0.00942. The molecule has 0 saturated heterocycles. The van der Waals surface area contributed by atoms with Gasteiger partial charge in [-0.1, -0.05) is 11.6 Å². The molecule has 3 amide bonds. The Morgan fingerprint density at radius 1 is 1.24 bits per heavy atom. The molecule has 4 rings (SSSR count). The molecule has 0 spiro atoms. The molecule has 13 heteroatoms. The predicted molar refractivity (Wildman–Crippen MR) is 112 cm³/mol. The van der Waals surface area contributed by atoms with Gasteiger partial charge in [0.25, 0.3) is 12.3 Å². The van der Waals surface area contributed by atoms with E-state index in [2.05, 4.69) is 10.4 Å². The number of primary amides is 1. The van der Waals surface area contributed by atoms with Gasteiger partial charge in [0.1, 0.15) is 17.6 Å². The Hall–Kier alpha value is -2.89. The lowest BCUT2D eigenvalue weighted by atomic mass is 9.92. The fourth-order valence-corrected chi connectivity index (χ4v) is 4.52. The van der Waals surface area contributed by atoms with Crippen molar-refractivity contribution in [2.75, 3.05) is 6.54 Å². The highest BCUT2D eigenvalue weighted by atomic mass is 35.5. The molecular formula is C21H21ClF5N5O2. The number of alkyl halides is 4. The minimum Gasteiger partial charge on any atom is -0.365 e. The van der Waals surface area contributed by atoms with Gasteiger partial charge in [-0.25, -0.2) is 26.7 Å². The Balaban J connectivity index is 1.66. The molecule has 7 nitrogen and oxygen atoms in total. The second kappa shape index (κ2) is 9.05. The van der Waals surface area contributed by atoms with Crippen LogP contribution in [0.15, 0.2) is 18.2 Å². The Bertz CT molecular complexity index is 1120. The van der Waals surface area contributed by atoms with Crippen LogP contribution >= 0.6 is 11.6 Å². The maximum Gasteiger partial charge on any atom is 0.318 e. The van der Waals surface area contributed by atoms with Crippen LogP contribution in [0.4, 0.5) is 26.7 Å². The van der Waals surface area contributed by atoms with Crippen LogP contribution in [0.5, 0.6) is 0 Å². The molecular weight excluding hydrogens is 485 g/mol. The van der Waals surface area contributed by atoms with Crippen molar-refractivity contribution in [1.82, 2.24) is 20.0 Å². The maximum atomic E-state index is 14.0. The summed E-state index contributed by atoms with van der Waals surface area (Å²) in [6, 6.07) is 0.694. The zero-order valence-electron chi connectivity index (χ0n) is 17.7. The third kappa shape index (κ3) is 4.68. The van der Waals surface area contributed by atoms with Crippen LogP contribution in [0.3, 0.4) is 0 Å². The van der Waals surface area contributed by atoms with Gasteiger partial charge in [-0.2, -0.15) is 5.10 Å². The second-order valence-electron chi connectivity index (χ2n) is 8.47. The highest BCUT2D eigenvalue weighted by molar-refractivity contribution is 6.31. The van der Waals surface area contributed by atoms with Crippen molar-refractivity contribution in [3.8, 4) is 11.3 Å². The number of amides is 3. The molecule has 1 aromatic carbocycles. The van der Waals surface area contributed by atoms with Gasteiger partial charge >= 0.3 is 6.03 Å². The summed E-state index contributed by atoms with van der Waals surface area (Å²) in [5.41, 5.74) is 5.45. The average molecular weight is 506 g/mol. The number of nitrogens with two attached hydrogens (primary N) is 1. The molecule has 2 aromatic rings. The number of halogens is 6. The van der Waals surface area contributed by atoms with Gasteiger partial charge in [0.05, 0.1) is 29.4 Å². The van der Waals surface area contributed by atoms with Crippen LogP contribution in [-0.4, -0.2) is 51.6 Å². The number of nitrogens with zero attached hydrogens (tertiary/aromatic N) is 3. The monoisotopic (exact) mass is 505 g/mol. The summed E-state index contributed by atoms with van der Waals surface area (Å²) in [6.45, 7) is -0.693. The van der Waals surface area contributed by atoms with Crippen LogP contribution in [-0.2, 0) is 6.54 Å². The molecule has 34 heavy (non-hydrogen) atoms. The third-order valence-electron chi connectivity index (χ3n) is 6.13. The van der Waals surface area contributed by atoms with Crippen molar-refractivity contribution in [1.29, 1.82) is 0 Å². The van der Waals surface area contributed by atoms with Gasteiger partial charge in [-0.15, -0.1) is 0 Å². The van der Waals surface area contributed by atoms with Gasteiger partial charge in [0, 0.05) is 24.4 Å². The van der Waals surface area contributed by atoms with E-state index in [1.54, 1.807) is 0 Å². The number of benzene rings is 1. The quantitative estimate of drug-likeness (QED) is 0.605. The summed E-state index contributed by atoms with van der Waals surface area (Å²) in [6.07, 6.45) is -3.58. The zero-order valence-corrected chi connectivity index (χ0v) is 18.5. The van der Waals surface area contributed by atoms with Gasteiger partial charge in [-0.3, -0.25) is 9.48 Å². The fraction of sp³-hybridized carbons (Fsp3) is 0.476. The molecule has 0 radical (unpaired) electrons. The molecule has 1 aromatic heterocycles. The van der Waals surface area contributed by atoms with Crippen molar-refractivity contribution in [2.45, 2.75) is 56.7 Å². The number of rotatable bonds is 4. The number of hydrogen-bond donors (Lipinski definition) is 2. The second-order valence-corrected chi connectivity index (χ2v) is 8.88. The van der Waals surface area contributed by atoms with Gasteiger partial charge in [0.2, 0.25) is 5.92 Å². The topological polar surface area (TPSA) is 93.2 Å². The Labute approximate surface area is 196 Å². The molecule has 1 aliphatic carbocycles. The minimum atomic E-state index is -2.95. The smallest absolute Gasteiger partial charge is 0.318 e. The van der Waals surface area contributed by atoms with Gasteiger partial charge in [-0.05, 0) is 31.0 Å². The first-order valence-electron chi connectivity index (χ1n) is 10.5. The number of carbonyl (C=O) groups excluding carboxylic acids is 2. The van der Waals surface area contributed by atoms with Gasteiger partial charge in [0.15, 0.2) is 0 Å². The Morgan fingerprint density at radius 2 is 1.91 bits per heavy atom. The van der Waals surface area contributed by atoms with E-state index in [-0.39, 0.29) is 59.8 Å². The van der Waals surface area contributed by atoms with E-state index in [1.807, 2.05) is 0 Å². The summed E-state index contributed by atoms with van der Waals surface area (Å²) in [5.74, 6) is -4.47. The molecule has 1 aliphatic heterocycles. The number of aromatic nitrogens is 2. The number of carbonyl (C=O) groups is 2. The normalized spacial score (nSPS) is 20.3. The molecule has 1 fully saturated rings. The van der Waals surface area contributed by atoms with E-state index < -0.39 is 48.7 Å². The average Bonchev–Trinajstić information content (AvgIpc) is 3.16. The van der Waals surface area contributed by atoms with E-state index >= 15 is 0 Å². The van der Waals surface area contributed by atoms with Crippen LogP contribution < -0.4 is 11.1 Å². The molecule has 2 heterocycles. The Kier molecular flexibility index (Phi) is 6.45. The van der Waals surface area contributed by atoms with Gasteiger partial charge < -0.3 is 16.0 Å². The van der Waals surface area contributed by atoms with E-state index in [0.29, 0.717) is 0 Å². The standard InChI is InChI=1S/C21H21ClF5N5O2/c22-12-7-10(1-2-13(12)23)17-16(19(28)33)14-8-31(9-15(18(24)25)32(14)30-17)20(34)29-11-3-5-21(26,27)6-4-11/h1-2,7,11,15,18H,3-6,8-9H2,(H2,28,33)(H,29,34)/t15-/m0/s1. The van der Waals surface area contributed by atoms with Crippen LogP contribution in [0.2, 0.25) is 5.02 Å². The number of hydrogen-bond acceptors (Lipinski definition) is 3. The predicted octanol–water partition coefficient (Wildman–Crippen LogP) is 4.35. The molecule has 1 atom stereocenters. The summed E-state index contributed by atoms with van der Waals surface area (Å²) >= 11 is 5.82. The van der Waals surface area contributed by atoms with Crippen molar-refractivity contribution in [2.24, 2.45) is 5.73 Å². The summed E-state index contributed by atoms with van der Waals surface area (Å²) in [4.78, 5) is 26.2. The van der Waals surface area contributed by atoms with E-state index in [1.165, 1.54) is 12.1 Å². The van der Waals surface area contributed by atoms with Crippen molar-refractivity contribution >= 4 is 23.5 Å². The van der Waals surface area contributed by atoms with E-state index in [9.17, 15) is 31.5 Å². The van der Waals surface area contributed by atoms with E-state index in [0.717, 1.165) is 15.6 Å². The van der Waals surface area contributed by atoms with Crippen molar-refractivity contribution in [3.63, 3.8) is 0 Å². The number of fused-ring (bicyclic) bond motifs is 1. The van der Waals surface area contributed by atoms with Crippen LogP contribution in [0, 0.1) is 5.82 Å². The van der Waals surface area contributed by atoms with Crippen molar-refractivity contribution in [3.05, 3.63) is 40.3 Å².